The number of nitrogens with one attached hydrogen (secondary N) is 1. The zero-order chi connectivity index (χ0) is 31.7. The van der Waals surface area contributed by atoms with Crippen molar-refractivity contribution in [2.24, 2.45) is 0 Å². The number of methoxy groups -OCH3 is 2. The number of nitrogens with zero attached hydrogens (tertiary/aromatic N) is 3. The molecule has 0 atom stereocenters. The standard InChI is InChI=1S/C35H39F3N4O3/c1-40-13-11-27(12-14-40)41-15-17-42(18-16-41)34(43)26-6-4-5-23(19-26)24-7-9-30-28(20-24)29(22-35(36,37)38)33(39-30)25-8-10-31(44-2)32(21-25)45-3/h4-10,19-21,27,39H,11-18,22H2,1-3H3. The minimum absolute atomic E-state index is 0.0175. The van der Waals surface area contributed by atoms with Gasteiger partial charge < -0.3 is 24.3 Å². The van der Waals surface area contributed by atoms with Crippen molar-refractivity contribution in [1.82, 2.24) is 19.7 Å². The fraction of sp³-hybridized carbons (Fsp3) is 0.400. The van der Waals surface area contributed by atoms with E-state index in [9.17, 15) is 18.0 Å². The van der Waals surface area contributed by atoms with Crippen LogP contribution in [0.1, 0.15) is 28.8 Å². The topological polar surface area (TPSA) is 61.0 Å². The molecule has 0 bridgehead atoms. The van der Waals surface area contributed by atoms with Crippen LogP contribution in [0.15, 0.2) is 60.7 Å². The van der Waals surface area contributed by atoms with Crippen molar-refractivity contribution >= 4 is 16.8 Å². The minimum atomic E-state index is -4.42. The number of ether oxygens (including phenoxy) is 2. The molecule has 45 heavy (non-hydrogen) atoms. The third-order valence-corrected chi connectivity index (χ3v) is 9.20. The molecule has 2 saturated heterocycles. The van der Waals surface area contributed by atoms with Crippen LogP contribution in [-0.4, -0.2) is 98.3 Å². The molecule has 3 aromatic carbocycles. The molecule has 0 aliphatic carbocycles. The van der Waals surface area contributed by atoms with Gasteiger partial charge in [0.2, 0.25) is 0 Å². The van der Waals surface area contributed by atoms with Crippen molar-refractivity contribution in [3.63, 3.8) is 0 Å². The monoisotopic (exact) mass is 620 g/mol. The average molecular weight is 621 g/mol. The number of hydrogen-bond donors (Lipinski definition) is 1. The molecule has 10 heteroatoms. The quantitative estimate of drug-likeness (QED) is 0.257. The van der Waals surface area contributed by atoms with Gasteiger partial charge in [-0.2, -0.15) is 13.2 Å². The predicted octanol–water partition coefficient (Wildman–Crippen LogP) is 6.48. The van der Waals surface area contributed by atoms with E-state index in [1.54, 1.807) is 30.3 Å². The Balaban J connectivity index is 1.26. The molecule has 1 aromatic heterocycles. The van der Waals surface area contributed by atoms with Gasteiger partial charge in [-0.3, -0.25) is 9.69 Å². The highest BCUT2D eigenvalue weighted by atomic mass is 19.4. The number of piperidine rings is 1. The number of amides is 1. The number of halogens is 3. The van der Waals surface area contributed by atoms with E-state index < -0.39 is 12.6 Å². The number of H-pyrrole nitrogens is 1. The van der Waals surface area contributed by atoms with E-state index in [1.807, 2.05) is 35.2 Å². The van der Waals surface area contributed by atoms with E-state index in [0.717, 1.165) is 37.3 Å². The highest BCUT2D eigenvalue weighted by Crippen LogP contribution is 2.39. The second-order valence-electron chi connectivity index (χ2n) is 12.0. The summed E-state index contributed by atoms with van der Waals surface area (Å²) in [5.41, 5.74) is 3.79. The zero-order valence-corrected chi connectivity index (χ0v) is 25.9. The molecule has 0 saturated carbocycles. The van der Waals surface area contributed by atoms with E-state index in [4.69, 9.17) is 9.47 Å². The largest absolute Gasteiger partial charge is 0.493 e. The van der Waals surface area contributed by atoms with Gasteiger partial charge in [0.05, 0.1) is 26.3 Å². The van der Waals surface area contributed by atoms with E-state index >= 15 is 0 Å². The lowest BCUT2D eigenvalue weighted by Crippen LogP contribution is -2.54. The van der Waals surface area contributed by atoms with Crippen LogP contribution in [0.25, 0.3) is 33.3 Å². The smallest absolute Gasteiger partial charge is 0.393 e. The molecular formula is C35H39F3N4O3. The van der Waals surface area contributed by atoms with Crippen LogP contribution < -0.4 is 9.47 Å². The predicted molar refractivity (Wildman–Crippen MR) is 170 cm³/mol. The number of alkyl halides is 3. The number of hydrogen-bond acceptors (Lipinski definition) is 5. The molecular weight excluding hydrogens is 581 g/mol. The van der Waals surface area contributed by atoms with Gasteiger partial charge in [0.15, 0.2) is 11.5 Å². The molecule has 2 aliphatic heterocycles. The van der Waals surface area contributed by atoms with Crippen LogP contribution in [0.3, 0.4) is 0 Å². The van der Waals surface area contributed by atoms with E-state index in [0.29, 0.717) is 58.4 Å². The second kappa shape index (κ2) is 12.8. The summed E-state index contributed by atoms with van der Waals surface area (Å²) in [6.45, 7) is 5.33. The summed E-state index contributed by atoms with van der Waals surface area (Å²) in [7, 11) is 5.16. The Bertz CT molecular complexity index is 1670. The van der Waals surface area contributed by atoms with Crippen LogP contribution >= 0.6 is 0 Å². The van der Waals surface area contributed by atoms with Crippen molar-refractivity contribution in [1.29, 1.82) is 0 Å². The Labute approximate surface area is 261 Å². The fourth-order valence-corrected chi connectivity index (χ4v) is 6.71. The summed E-state index contributed by atoms with van der Waals surface area (Å²) in [5, 5.41) is 0.483. The molecule has 1 N–H and O–H groups in total. The lowest BCUT2D eigenvalue weighted by atomic mass is 9.97. The first kappa shape index (κ1) is 31.0. The summed E-state index contributed by atoms with van der Waals surface area (Å²) >= 11 is 0. The van der Waals surface area contributed by atoms with E-state index in [2.05, 4.69) is 21.8 Å². The van der Waals surface area contributed by atoms with Crippen LogP contribution in [0.4, 0.5) is 13.2 Å². The Morgan fingerprint density at radius 1 is 0.844 bits per heavy atom. The molecule has 2 fully saturated rings. The van der Waals surface area contributed by atoms with Crippen LogP contribution in [0, 0.1) is 0 Å². The Kier molecular flexibility index (Phi) is 8.79. The number of aromatic amines is 1. The van der Waals surface area contributed by atoms with Crippen molar-refractivity contribution in [2.75, 3.05) is 60.5 Å². The van der Waals surface area contributed by atoms with Gasteiger partial charge in [-0.1, -0.05) is 18.2 Å². The first-order chi connectivity index (χ1) is 21.6. The number of rotatable bonds is 7. The molecule has 4 aromatic rings. The maximum absolute atomic E-state index is 13.9. The van der Waals surface area contributed by atoms with Gasteiger partial charge in [0.25, 0.3) is 5.91 Å². The fourth-order valence-electron chi connectivity index (χ4n) is 6.71. The molecule has 0 unspecified atom stereocenters. The molecule has 7 nitrogen and oxygen atoms in total. The molecule has 3 heterocycles. The highest BCUT2D eigenvalue weighted by molar-refractivity contribution is 5.97. The molecule has 0 radical (unpaired) electrons. The number of carbonyl (C=O) groups excluding carboxylic acids is 1. The average Bonchev–Trinajstić information content (AvgIpc) is 3.40. The van der Waals surface area contributed by atoms with Crippen LogP contribution in [0.5, 0.6) is 11.5 Å². The summed E-state index contributed by atoms with van der Waals surface area (Å²) in [6.07, 6.45) is -3.18. The lowest BCUT2D eigenvalue weighted by Gasteiger charge is -2.42. The van der Waals surface area contributed by atoms with Gasteiger partial charge >= 0.3 is 6.18 Å². The number of piperazine rings is 1. The van der Waals surface area contributed by atoms with Crippen molar-refractivity contribution in [2.45, 2.75) is 31.5 Å². The number of likely N-dealkylation sites (tertiary alicyclic amines) is 1. The molecule has 6 rings (SSSR count). The van der Waals surface area contributed by atoms with Gasteiger partial charge in [0.1, 0.15) is 0 Å². The maximum Gasteiger partial charge on any atom is 0.393 e. The lowest BCUT2D eigenvalue weighted by molar-refractivity contribution is -0.126. The maximum atomic E-state index is 13.9. The summed E-state index contributed by atoms with van der Waals surface area (Å²) in [4.78, 5) is 23.6. The number of carbonyl (C=O) groups is 1. The zero-order valence-electron chi connectivity index (χ0n) is 25.9. The van der Waals surface area contributed by atoms with Crippen LogP contribution in [0.2, 0.25) is 0 Å². The Hall–Kier alpha value is -4.02. The van der Waals surface area contributed by atoms with E-state index in [1.165, 1.54) is 27.1 Å². The third kappa shape index (κ3) is 6.67. The van der Waals surface area contributed by atoms with Gasteiger partial charge in [-0.25, -0.2) is 0 Å². The Morgan fingerprint density at radius 3 is 2.22 bits per heavy atom. The van der Waals surface area contributed by atoms with Crippen molar-refractivity contribution in [3.05, 3.63) is 71.8 Å². The molecule has 238 valence electrons. The first-order valence-corrected chi connectivity index (χ1v) is 15.4. The minimum Gasteiger partial charge on any atom is -0.493 e. The van der Waals surface area contributed by atoms with Gasteiger partial charge in [-0.15, -0.1) is 0 Å². The highest BCUT2D eigenvalue weighted by Gasteiger charge is 2.32. The first-order valence-electron chi connectivity index (χ1n) is 15.4. The van der Waals surface area contributed by atoms with Crippen molar-refractivity contribution < 1.29 is 27.4 Å². The second-order valence-corrected chi connectivity index (χ2v) is 12.0. The molecule has 2 aliphatic rings. The Morgan fingerprint density at radius 2 is 1.53 bits per heavy atom. The summed E-state index contributed by atoms with van der Waals surface area (Å²) in [6, 6.07) is 18.5. The molecule has 0 spiro atoms. The third-order valence-electron chi connectivity index (χ3n) is 9.20. The number of benzene rings is 3. The van der Waals surface area contributed by atoms with Crippen molar-refractivity contribution in [3.8, 4) is 33.9 Å². The number of aromatic nitrogens is 1. The SMILES string of the molecule is COc1ccc(-c2[nH]c3ccc(-c4cccc(C(=O)N5CCN(C6CCN(C)CC6)CC5)c4)cc3c2CC(F)(F)F)cc1OC. The summed E-state index contributed by atoms with van der Waals surface area (Å²) in [5.74, 6) is 0.902. The number of fused-ring (bicyclic) bond motifs is 1. The molecule has 1 amide bonds. The summed E-state index contributed by atoms with van der Waals surface area (Å²) < 4.78 is 52.4. The van der Waals surface area contributed by atoms with Gasteiger partial charge in [-0.05, 0) is 92.1 Å². The normalized spacial score (nSPS) is 17.2. The van der Waals surface area contributed by atoms with Gasteiger partial charge in [0, 0.05) is 54.3 Å². The van der Waals surface area contributed by atoms with E-state index in [-0.39, 0.29) is 11.5 Å². The van der Waals surface area contributed by atoms with Crippen LogP contribution in [-0.2, 0) is 6.42 Å².